The zero-order chi connectivity index (χ0) is 23.8. The van der Waals surface area contributed by atoms with Gasteiger partial charge < -0.3 is 14.8 Å². The summed E-state index contributed by atoms with van der Waals surface area (Å²) in [5.41, 5.74) is 3.82. The van der Waals surface area contributed by atoms with Gasteiger partial charge in [-0.2, -0.15) is 11.3 Å². The van der Waals surface area contributed by atoms with Crippen molar-refractivity contribution in [3.8, 4) is 5.69 Å². The number of aromatic nitrogens is 1. The number of thiophene rings is 1. The fraction of sp³-hybridized carbons (Fsp3) is 0.385. The molecule has 5 nitrogen and oxygen atoms in total. The third kappa shape index (κ3) is 5.10. The molecule has 1 aromatic carbocycles. The van der Waals surface area contributed by atoms with Gasteiger partial charge in [0.25, 0.3) is 5.91 Å². The summed E-state index contributed by atoms with van der Waals surface area (Å²) in [6.45, 7) is 7.52. The summed E-state index contributed by atoms with van der Waals surface area (Å²) in [4.78, 5) is 29.9. The molecule has 1 N–H and O–H groups in total. The first-order chi connectivity index (χ1) is 15.7. The number of pyridine rings is 1. The van der Waals surface area contributed by atoms with Gasteiger partial charge in [-0.3, -0.25) is 9.59 Å². The summed E-state index contributed by atoms with van der Waals surface area (Å²) >= 11 is 3.47. The van der Waals surface area contributed by atoms with Crippen molar-refractivity contribution in [3.63, 3.8) is 0 Å². The van der Waals surface area contributed by atoms with Crippen LogP contribution < -0.4 is 10.7 Å². The van der Waals surface area contributed by atoms with E-state index in [1.807, 2.05) is 33.2 Å². The smallest absolute Gasteiger partial charge is 0.257 e. The summed E-state index contributed by atoms with van der Waals surface area (Å²) in [6, 6.07) is 12.0. The first kappa shape index (κ1) is 23.8. The zero-order valence-corrected chi connectivity index (χ0v) is 21.5. The lowest BCUT2D eigenvalue weighted by Gasteiger charge is -2.28. The van der Waals surface area contributed by atoms with Crippen LogP contribution in [0, 0.1) is 12.3 Å². The number of thioether (sulfide) groups is 1. The minimum atomic E-state index is -0.288. The molecule has 0 saturated carbocycles. The zero-order valence-electron chi connectivity index (χ0n) is 19.8. The highest BCUT2D eigenvalue weighted by molar-refractivity contribution is 7.99. The van der Waals surface area contributed by atoms with Crippen LogP contribution in [-0.4, -0.2) is 42.6 Å². The molecule has 0 aliphatic carbocycles. The lowest BCUT2D eigenvalue weighted by molar-refractivity contribution is 0.0926. The van der Waals surface area contributed by atoms with E-state index >= 15 is 0 Å². The highest BCUT2D eigenvalue weighted by atomic mass is 32.2. The lowest BCUT2D eigenvalue weighted by atomic mass is 9.92. The van der Waals surface area contributed by atoms with Crippen LogP contribution in [0.3, 0.4) is 0 Å². The predicted octanol–water partition coefficient (Wildman–Crippen LogP) is 4.91. The van der Waals surface area contributed by atoms with Crippen molar-refractivity contribution in [1.29, 1.82) is 0 Å². The molecule has 0 radical (unpaired) electrons. The first-order valence-corrected chi connectivity index (χ1v) is 12.9. The minimum absolute atomic E-state index is 0.112. The molecule has 33 heavy (non-hydrogen) atoms. The van der Waals surface area contributed by atoms with Crippen molar-refractivity contribution >= 4 is 29.0 Å². The average Bonchev–Trinajstić information content (AvgIpc) is 3.20. The maximum Gasteiger partial charge on any atom is 0.257 e. The lowest BCUT2D eigenvalue weighted by Crippen LogP contribution is -2.41. The van der Waals surface area contributed by atoms with Crippen LogP contribution >= 0.6 is 23.1 Å². The Labute approximate surface area is 203 Å². The highest BCUT2D eigenvalue weighted by Gasteiger charge is 2.30. The van der Waals surface area contributed by atoms with E-state index in [2.05, 4.69) is 57.6 Å². The van der Waals surface area contributed by atoms with Gasteiger partial charge in [-0.25, -0.2) is 0 Å². The molecule has 2 aromatic heterocycles. The minimum Gasteiger partial charge on any atom is -0.351 e. The maximum atomic E-state index is 13.5. The van der Waals surface area contributed by atoms with Crippen molar-refractivity contribution in [2.75, 3.05) is 27.2 Å². The molecular weight excluding hydrogens is 450 g/mol. The van der Waals surface area contributed by atoms with Gasteiger partial charge >= 0.3 is 0 Å². The van der Waals surface area contributed by atoms with Crippen molar-refractivity contribution < 1.29 is 4.79 Å². The van der Waals surface area contributed by atoms with Crippen LogP contribution in [0.1, 0.15) is 46.4 Å². The SMILES string of the molecule is Cc1cc(=O)c(C(=O)NCC(C)(C)CN(C)C)c2n1-c1ccccc1S[C@H](c1ccsc1)C2. The maximum absolute atomic E-state index is 13.5. The molecule has 4 rings (SSSR count). The van der Waals surface area contributed by atoms with Crippen molar-refractivity contribution in [2.45, 2.75) is 37.3 Å². The van der Waals surface area contributed by atoms with Gasteiger partial charge in [-0.05, 0) is 61.0 Å². The molecule has 1 amide bonds. The number of hydrogen-bond acceptors (Lipinski definition) is 5. The average molecular weight is 482 g/mol. The third-order valence-electron chi connectivity index (χ3n) is 5.87. The Morgan fingerprint density at radius 2 is 2.00 bits per heavy atom. The van der Waals surface area contributed by atoms with Crippen molar-refractivity contribution in [1.82, 2.24) is 14.8 Å². The summed E-state index contributed by atoms with van der Waals surface area (Å²) < 4.78 is 2.11. The molecule has 0 saturated heterocycles. The fourth-order valence-corrected chi connectivity index (χ4v) is 6.71. The van der Waals surface area contributed by atoms with Crippen LogP contribution in [0.15, 0.2) is 56.8 Å². The van der Waals surface area contributed by atoms with Crippen LogP contribution in [0.5, 0.6) is 0 Å². The molecular formula is C26H31N3O2S2. The van der Waals surface area contributed by atoms with E-state index in [9.17, 15) is 9.59 Å². The number of para-hydroxylation sites is 1. The topological polar surface area (TPSA) is 54.3 Å². The van der Waals surface area contributed by atoms with Crippen LogP contribution in [0.25, 0.3) is 5.69 Å². The molecule has 0 fully saturated rings. The van der Waals surface area contributed by atoms with E-state index in [0.29, 0.717) is 13.0 Å². The second kappa shape index (κ2) is 9.49. The van der Waals surface area contributed by atoms with E-state index in [1.165, 1.54) is 5.56 Å². The van der Waals surface area contributed by atoms with E-state index in [0.717, 1.165) is 28.5 Å². The number of rotatable bonds is 6. The number of carbonyl (C=O) groups excluding carboxylic acids is 1. The number of benzene rings is 1. The Morgan fingerprint density at radius 1 is 1.24 bits per heavy atom. The standard InChI is InChI=1S/C26H31N3O2S2/c1-17-12-21(30)24(25(31)27-15-26(2,3)16-28(4)5)20-13-23(18-10-11-32-14-18)33-22-9-7-6-8-19(22)29(17)20/h6-12,14,23H,13,15-16H2,1-5H3,(H,27,31)/t23-/m0/s1. The number of hydrogen-bond donors (Lipinski definition) is 1. The molecule has 1 atom stereocenters. The Bertz CT molecular complexity index is 1210. The second-order valence-corrected chi connectivity index (χ2v) is 11.8. The van der Waals surface area contributed by atoms with E-state index < -0.39 is 0 Å². The molecule has 3 aromatic rings. The van der Waals surface area contributed by atoms with Crippen LogP contribution in [-0.2, 0) is 6.42 Å². The van der Waals surface area contributed by atoms with Gasteiger partial charge in [0.1, 0.15) is 5.56 Å². The van der Waals surface area contributed by atoms with Gasteiger partial charge in [0.2, 0.25) is 0 Å². The first-order valence-electron chi connectivity index (χ1n) is 11.1. The molecule has 7 heteroatoms. The number of fused-ring (bicyclic) bond motifs is 3. The van der Waals surface area contributed by atoms with Gasteiger partial charge in [0.15, 0.2) is 5.43 Å². The van der Waals surface area contributed by atoms with E-state index in [4.69, 9.17) is 0 Å². The van der Waals surface area contributed by atoms with Crippen LogP contribution in [0.4, 0.5) is 0 Å². The Hall–Kier alpha value is -2.35. The molecule has 3 heterocycles. The number of nitrogens with one attached hydrogen (secondary N) is 1. The van der Waals surface area contributed by atoms with Gasteiger partial charge in [0, 0.05) is 47.1 Å². The number of aryl methyl sites for hydroxylation is 1. The van der Waals surface area contributed by atoms with Crippen LogP contribution in [0.2, 0.25) is 0 Å². The number of nitrogens with zero attached hydrogens (tertiary/aromatic N) is 2. The summed E-state index contributed by atoms with van der Waals surface area (Å²) in [7, 11) is 4.05. The normalized spacial score (nSPS) is 15.6. The molecule has 1 aliphatic heterocycles. The van der Waals surface area contributed by atoms with Crippen molar-refractivity contribution in [3.05, 3.63) is 79.9 Å². The summed E-state index contributed by atoms with van der Waals surface area (Å²) in [5.74, 6) is -0.288. The van der Waals surface area contributed by atoms with Gasteiger partial charge in [-0.15, -0.1) is 11.8 Å². The third-order valence-corrected chi connectivity index (χ3v) is 7.89. The predicted molar refractivity (Wildman–Crippen MR) is 138 cm³/mol. The summed E-state index contributed by atoms with van der Waals surface area (Å²) in [6.07, 6.45) is 0.608. The second-order valence-electron chi connectivity index (χ2n) is 9.73. The van der Waals surface area contributed by atoms with Crippen molar-refractivity contribution in [2.24, 2.45) is 5.41 Å². The Balaban J connectivity index is 1.80. The quantitative estimate of drug-likeness (QED) is 0.543. The summed E-state index contributed by atoms with van der Waals surface area (Å²) in [5, 5.41) is 7.43. The van der Waals surface area contributed by atoms with E-state index in [1.54, 1.807) is 29.2 Å². The fourth-order valence-electron chi connectivity index (χ4n) is 4.64. The highest BCUT2D eigenvalue weighted by Crippen LogP contribution is 2.44. The van der Waals surface area contributed by atoms with Gasteiger partial charge in [0.05, 0.1) is 5.69 Å². The van der Waals surface area contributed by atoms with E-state index in [-0.39, 0.29) is 27.6 Å². The number of carbonyl (C=O) groups is 1. The van der Waals surface area contributed by atoms with Gasteiger partial charge in [-0.1, -0.05) is 26.0 Å². The molecule has 1 aliphatic rings. The Morgan fingerprint density at radius 3 is 2.70 bits per heavy atom. The molecule has 174 valence electrons. The monoisotopic (exact) mass is 481 g/mol. The molecule has 0 unspecified atom stereocenters. The largest absolute Gasteiger partial charge is 0.351 e. The Kier molecular flexibility index (Phi) is 6.84. The molecule has 0 bridgehead atoms. The molecule has 0 spiro atoms. The number of amides is 1.